The van der Waals surface area contributed by atoms with E-state index < -0.39 is 10.0 Å². The standard InChI is InChI=1S/C18H22BrN5O2S/c1-11-17(19)13(3)24(21-11)10-15-7-6-8-16(9-15)22-27(25,26)18-12(2)20-23(5)14(18)4/h6-9,22H,10H2,1-5H3. The average molecular weight is 452 g/mol. The van der Waals surface area contributed by atoms with Crippen LogP contribution in [0.4, 0.5) is 5.69 Å². The number of halogens is 1. The van der Waals surface area contributed by atoms with E-state index in [1.54, 1.807) is 31.6 Å². The van der Waals surface area contributed by atoms with Crippen molar-refractivity contribution in [3.05, 3.63) is 57.1 Å². The monoisotopic (exact) mass is 451 g/mol. The molecule has 0 aliphatic carbocycles. The van der Waals surface area contributed by atoms with E-state index >= 15 is 0 Å². The SMILES string of the molecule is Cc1nn(Cc2cccc(NS(=O)(=O)c3c(C)nn(C)c3C)c2)c(C)c1Br. The number of aryl methyl sites for hydroxylation is 3. The van der Waals surface area contributed by atoms with Gasteiger partial charge in [0.25, 0.3) is 10.0 Å². The predicted molar refractivity (Wildman–Crippen MR) is 108 cm³/mol. The molecule has 9 heteroatoms. The lowest BCUT2D eigenvalue weighted by molar-refractivity contribution is 0.599. The van der Waals surface area contributed by atoms with Crippen LogP contribution in [0.5, 0.6) is 0 Å². The lowest BCUT2D eigenvalue weighted by atomic mass is 10.2. The zero-order valence-corrected chi connectivity index (χ0v) is 18.3. The second-order valence-electron chi connectivity index (χ2n) is 6.57. The van der Waals surface area contributed by atoms with Crippen LogP contribution in [0.3, 0.4) is 0 Å². The highest BCUT2D eigenvalue weighted by Gasteiger charge is 2.24. The fourth-order valence-corrected chi connectivity index (χ4v) is 4.86. The largest absolute Gasteiger partial charge is 0.280 e. The fraction of sp³-hybridized carbons (Fsp3) is 0.333. The maximum Gasteiger partial charge on any atom is 0.265 e. The smallest absolute Gasteiger partial charge is 0.265 e. The summed E-state index contributed by atoms with van der Waals surface area (Å²) in [6, 6.07) is 7.34. The van der Waals surface area contributed by atoms with Crippen LogP contribution in [0.1, 0.15) is 28.3 Å². The number of aromatic nitrogens is 4. The number of nitrogens with one attached hydrogen (secondary N) is 1. The van der Waals surface area contributed by atoms with Crippen LogP contribution < -0.4 is 4.72 Å². The highest BCUT2D eigenvalue weighted by Crippen LogP contribution is 2.24. The summed E-state index contributed by atoms with van der Waals surface area (Å²) in [4.78, 5) is 0.220. The second-order valence-corrected chi connectivity index (χ2v) is 8.98. The van der Waals surface area contributed by atoms with Crippen molar-refractivity contribution in [1.82, 2.24) is 19.6 Å². The molecular weight excluding hydrogens is 430 g/mol. The van der Waals surface area contributed by atoms with Crippen molar-refractivity contribution in [3.8, 4) is 0 Å². The minimum Gasteiger partial charge on any atom is -0.280 e. The van der Waals surface area contributed by atoms with Crippen LogP contribution in [0.25, 0.3) is 0 Å². The molecule has 144 valence electrons. The van der Waals surface area contributed by atoms with Crippen molar-refractivity contribution >= 4 is 31.6 Å². The summed E-state index contributed by atoms with van der Waals surface area (Å²) in [5.74, 6) is 0. The molecule has 0 atom stereocenters. The van der Waals surface area contributed by atoms with Gasteiger partial charge >= 0.3 is 0 Å². The number of rotatable bonds is 5. The number of sulfonamides is 1. The Labute approximate surface area is 167 Å². The molecule has 1 aromatic carbocycles. The zero-order chi connectivity index (χ0) is 19.9. The fourth-order valence-electron chi connectivity index (χ4n) is 3.08. The summed E-state index contributed by atoms with van der Waals surface area (Å²) in [6.07, 6.45) is 0. The predicted octanol–water partition coefficient (Wildman–Crippen LogP) is 3.46. The molecule has 0 unspecified atom stereocenters. The molecule has 1 N–H and O–H groups in total. The van der Waals surface area contributed by atoms with Gasteiger partial charge in [-0.3, -0.25) is 14.1 Å². The number of hydrogen-bond acceptors (Lipinski definition) is 4. The topological polar surface area (TPSA) is 81.8 Å². The molecule has 0 aliphatic heterocycles. The van der Waals surface area contributed by atoms with E-state index in [-0.39, 0.29) is 4.90 Å². The van der Waals surface area contributed by atoms with E-state index in [1.165, 1.54) is 0 Å². The van der Waals surface area contributed by atoms with Gasteiger partial charge in [0.2, 0.25) is 0 Å². The maximum atomic E-state index is 12.8. The Morgan fingerprint density at radius 3 is 2.33 bits per heavy atom. The Bertz CT molecular complexity index is 1120. The van der Waals surface area contributed by atoms with Crippen molar-refractivity contribution < 1.29 is 8.42 Å². The van der Waals surface area contributed by atoms with Crippen molar-refractivity contribution in [2.45, 2.75) is 39.1 Å². The maximum absolute atomic E-state index is 12.8. The molecule has 0 aliphatic rings. The van der Waals surface area contributed by atoms with Crippen LogP contribution in [0, 0.1) is 27.7 Å². The molecule has 2 heterocycles. The molecule has 27 heavy (non-hydrogen) atoms. The van der Waals surface area contributed by atoms with Crippen LogP contribution in [0.15, 0.2) is 33.6 Å². The number of nitrogens with zero attached hydrogens (tertiary/aromatic N) is 4. The van der Waals surface area contributed by atoms with Crippen LogP contribution in [0.2, 0.25) is 0 Å². The van der Waals surface area contributed by atoms with Crippen molar-refractivity contribution in [2.24, 2.45) is 7.05 Å². The van der Waals surface area contributed by atoms with E-state index in [2.05, 4.69) is 30.8 Å². The summed E-state index contributed by atoms with van der Waals surface area (Å²) in [5, 5.41) is 8.70. The summed E-state index contributed by atoms with van der Waals surface area (Å²) in [5.41, 5.74) is 4.49. The first-order valence-corrected chi connectivity index (χ1v) is 10.7. The van der Waals surface area contributed by atoms with Gasteiger partial charge in [-0.2, -0.15) is 10.2 Å². The Morgan fingerprint density at radius 2 is 1.78 bits per heavy atom. The number of anilines is 1. The summed E-state index contributed by atoms with van der Waals surface area (Å²) in [7, 11) is -1.99. The molecule has 0 fully saturated rings. The molecule has 3 aromatic rings. The lowest BCUT2D eigenvalue weighted by Gasteiger charge is -2.11. The number of hydrogen-bond donors (Lipinski definition) is 1. The Morgan fingerprint density at radius 1 is 1.07 bits per heavy atom. The molecule has 0 spiro atoms. The summed E-state index contributed by atoms with van der Waals surface area (Å²) >= 11 is 3.53. The quantitative estimate of drug-likeness (QED) is 0.643. The third-order valence-electron chi connectivity index (χ3n) is 4.52. The summed E-state index contributed by atoms with van der Waals surface area (Å²) in [6.45, 7) is 7.92. The lowest BCUT2D eigenvalue weighted by Crippen LogP contribution is -2.15. The molecule has 3 rings (SSSR count). The van der Waals surface area contributed by atoms with Crippen LogP contribution in [-0.4, -0.2) is 28.0 Å². The van der Waals surface area contributed by atoms with Crippen LogP contribution >= 0.6 is 15.9 Å². The molecular formula is C18H22BrN5O2S. The van der Waals surface area contributed by atoms with Crippen molar-refractivity contribution in [2.75, 3.05) is 4.72 Å². The van der Waals surface area contributed by atoms with Gasteiger partial charge in [-0.15, -0.1) is 0 Å². The Balaban J connectivity index is 1.88. The highest BCUT2D eigenvalue weighted by molar-refractivity contribution is 9.10. The molecule has 0 radical (unpaired) electrons. The second kappa shape index (κ2) is 7.12. The molecule has 0 bridgehead atoms. The minimum absolute atomic E-state index is 0.220. The molecule has 0 saturated carbocycles. The third-order valence-corrected chi connectivity index (χ3v) is 7.30. The Kier molecular flexibility index (Phi) is 5.18. The first kappa shape index (κ1) is 19.6. The third kappa shape index (κ3) is 3.79. The Hall–Kier alpha value is -2.13. The highest BCUT2D eigenvalue weighted by atomic mass is 79.9. The summed E-state index contributed by atoms with van der Waals surface area (Å²) < 4.78 is 32.8. The van der Waals surface area contributed by atoms with E-state index in [0.717, 1.165) is 21.4 Å². The molecule has 2 aromatic heterocycles. The van der Waals surface area contributed by atoms with Gasteiger partial charge in [-0.1, -0.05) is 12.1 Å². The molecule has 7 nitrogen and oxygen atoms in total. The molecule has 0 amide bonds. The van der Waals surface area contributed by atoms with E-state index in [4.69, 9.17) is 0 Å². The van der Waals surface area contributed by atoms with E-state index in [0.29, 0.717) is 23.6 Å². The van der Waals surface area contributed by atoms with Gasteiger partial charge in [0.15, 0.2) is 0 Å². The van der Waals surface area contributed by atoms with Gasteiger partial charge in [0.05, 0.1) is 33.8 Å². The van der Waals surface area contributed by atoms with Gasteiger partial charge in [0, 0.05) is 12.7 Å². The minimum atomic E-state index is -3.72. The van der Waals surface area contributed by atoms with Gasteiger partial charge < -0.3 is 0 Å². The first-order valence-electron chi connectivity index (χ1n) is 8.41. The molecule has 0 saturated heterocycles. The zero-order valence-electron chi connectivity index (χ0n) is 15.9. The van der Waals surface area contributed by atoms with Gasteiger partial charge in [-0.25, -0.2) is 8.42 Å². The van der Waals surface area contributed by atoms with Crippen molar-refractivity contribution in [1.29, 1.82) is 0 Å². The van der Waals surface area contributed by atoms with E-state index in [1.807, 2.05) is 36.7 Å². The van der Waals surface area contributed by atoms with Gasteiger partial charge in [0.1, 0.15) is 4.90 Å². The van der Waals surface area contributed by atoms with Gasteiger partial charge in [-0.05, 0) is 61.3 Å². The number of benzene rings is 1. The van der Waals surface area contributed by atoms with Crippen molar-refractivity contribution in [3.63, 3.8) is 0 Å². The van der Waals surface area contributed by atoms with Crippen LogP contribution in [-0.2, 0) is 23.6 Å². The average Bonchev–Trinajstić information content (AvgIpc) is 2.97. The normalized spacial score (nSPS) is 11.8. The van der Waals surface area contributed by atoms with E-state index in [9.17, 15) is 8.42 Å². The first-order chi connectivity index (χ1) is 12.6.